The van der Waals surface area contributed by atoms with Crippen LogP contribution in [0.3, 0.4) is 0 Å². The van der Waals surface area contributed by atoms with Crippen LogP contribution in [-0.4, -0.2) is 11.5 Å². The van der Waals surface area contributed by atoms with Crippen molar-refractivity contribution in [1.82, 2.24) is 10.3 Å². The Hall–Kier alpha value is -1.33. The van der Waals surface area contributed by atoms with Gasteiger partial charge in [0.15, 0.2) is 0 Å². The standard InChI is InChI=1S/C13H14F2N2S/c1-2-17-13(6-10-7-16-8-18-10)11-4-3-9(14)5-12(11)15/h3-5,7-8,13,17H,2,6H2,1H3. The first-order valence-electron chi connectivity index (χ1n) is 5.76. The van der Waals surface area contributed by atoms with Crippen molar-refractivity contribution < 1.29 is 8.78 Å². The predicted octanol–water partition coefficient (Wildman–Crippen LogP) is 3.31. The second kappa shape index (κ2) is 6.02. The summed E-state index contributed by atoms with van der Waals surface area (Å²) in [5.74, 6) is -1.06. The minimum atomic E-state index is -0.552. The number of likely N-dealkylation sites (N-methyl/N-ethyl adjacent to an activating group) is 1. The Bertz CT molecular complexity index is 500. The van der Waals surface area contributed by atoms with Gasteiger partial charge in [0.2, 0.25) is 0 Å². The van der Waals surface area contributed by atoms with E-state index in [1.54, 1.807) is 11.7 Å². The monoisotopic (exact) mass is 268 g/mol. The average molecular weight is 268 g/mol. The van der Waals surface area contributed by atoms with Gasteiger partial charge in [0.1, 0.15) is 11.6 Å². The summed E-state index contributed by atoms with van der Waals surface area (Å²) in [6.45, 7) is 2.68. The lowest BCUT2D eigenvalue weighted by Crippen LogP contribution is -2.23. The average Bonchev–Trinajstić information content (AvgIpc) is 2.81. The maximum absolute atomic E-state index is 13.8. The van der Waals surface area contributed by atoms with Gasteiger partial charge in [-0.05, 0) is 12.6 Å². The fourth-order valence-corrected chi connectivity index (χ4v) is 2.51. The molecule has 18 heavy (non-hydrogen) atoms. The first-order chi connectivity index (χ1) is 8.70. The normalized spacial score (nSPS) is 12.6. The van der Waals surface area contributed by atoms with Crippen LogP contribution >= 0.6 is 11.3 Å². The molecule has 1 atom stereocenters. The molecule has 1 aromatic carbocycles. The Labute approximate surface area is 109 Å². The van der Waals surface area contributed by atoms with Gasteiger partial charge in [-0.25, -0.2) is 8.78 Å². The van der Waals surface area contributed by atoms with E-state index in [9.17, 15) is 8.78 Å². The summed E-state index contributed by atoms with van der Waals surface area (Å²) in [7, 11) is 0. The van der Waals surface area contributed by atoms with Crippen molar-refractivity contribution in [3.05, 3.63) is 52.0 Å². The van der Waals surface area contributed by atoms with Crippen molar-refractivity contribution in [3.63, 3.8) is 0 Å². The van der Waals surface area contributed by atoms with Crippen LogP contribution in [0.4, 0.5) is 8.78 Å². The first kappa shape index (κ1) is 13.1. The fourth-order valence-electron chi connectivity index (χ4n) is 1.87. The van der Waals surface area contributed by atoms with Crippen molar-refractivity contribution in [3.8, 4) is 0 Å². The molecule has 0 saturated heterocycles. The van der Waals surface area contributed by atoms with Gasteiger partial charge in [-0.15, -0.1) is 11.3 Å². The molecule has 0 aliphatic carbocycles. The number of nitrogens with one attached hydrogen (secondary N) is 1. The van der Waals surface area contributed by atoms with E-state index in [0.717, 1.165) is 17.5 Å². The zero-order valence-corrected chi connectivity index (χ0v) is 10.8. The number of hydrogen-bond donors (Lipinski definition) is 1. The number of hydrogen-bond acceptors (Lipinski definition) is 3. The van der Waals surface area contributed by atoms with Crippen LogP contribution in [0, 0.1) is 11.6 Å². The maximum Gasteiger partial charge on any atom is 0.130 e. The summed E-state index contributed by atoms with van der Waals surface area (Å²) in [6, 6.07) is 3.55. The molecule has 0 amide bonds. The molecule has 1 aromatic heterocycles. The summed E-state index contributed by atoms with van der Waals surface area (Å²) in [5, 5.41) is 3.21. The number of halogens is 2. The molecule has 0 bridgehead atoms. The van der Waals surface area contributed by atoms with Crippen molar-refractivity contribution in [2.45, 2.75) is 19.4 Å². The van der Waals surface area contributed by atoms with Gasteiger partial charge in [-0.1, -0.05) is 13.0 Å². The minimum absolute atomic E-state index is 0.156. The molecule has 1 heterocycles. The quantitative estimate of drug-likeness (QED) is 0.900. The van der Waals surface area contributed by atoms with E-state index in [1.807, 2.05) is 6.92 Å². The van der Waals surface area contributed by atoms with Gasteiger partial charge in [0.05, 0.1) is 5.51 Å². The van der Waals surface area contributed by atoms with Crippen LogP contribution in [0.25, 0.3) is 0 Å². The van der Waals surface area contributed by atoms with Crippen LogP contribution in [0.5, 0.6) is 0 Å². The predicted molar refractivity (Wildman–Crippen MR) is 68.6 cm³/mol. The number of aromatic nitrogens is 1. The summed E-state index contributed by atoms with van der Waals surface area (Å²) in [5.41, 5.74) is 2.24. The molecule has 0 spiro atoms. The van der Waals surface area contributed by atoms with Crippen LogP contribution in [0.1, 0.15) is 23.4 Å². The zero-order chi connectivity index (χ0) is 13.0. The SMILES string of the molecule is CCNC(Cc1cncs1)c1ccc(F)cc1F. The Morgan fingerprint density at radius 2 is 2.22 bits per heavy atom. The van der Waals surface area contributed by atoms with Crippen molar-refractivity contribution >= 4 is 11.3 Å². The summed E-state index contributed by atoms with van der Waals surface area (Å²) >= 11 is 1.53. The molecular weight excluding hydrogens is 254 g/mol. The Kier molecular flexibility index (Phi) is 4.38. The molecule has 2 rings (SSSR count). The Morgan fingerprint density at radius 1 is 1.39 bits per heavy atom. The molecule has 0 aliphatic heterocycles. The smallest absolute Gasteiger partial charge is 0.130 e. The van der Waals surface area contributed by atoms with Crippen LogP contribution in [0.2, 0.25) is 0 Å². The summed E-state index contributed by atoms with van der Waals surface area (Å²) in [6.07, 6.45) is 2.43. The third kappa shape index (κ3) is 3.11. The third-order valence-electron chi connectivity index (χ3n) is 2.68. The lowest BCUT2D eigenvalue weighted by molar-refractivity contribution is 0.504. The van der Waals surface area contributed by atoms with Crippen LogP contribution < -0.4 is 5.32 Å². The molecule has 0 aliphatic rings. The van der Waals surface area contributed by atoms with E-state index in [4.69, 9.17) is 0 Å². The van der Waals surface area contributed by atoms with Crippen molar-refractivity contribution in [2.24, 2.45) is 0 Å². The van der Waals surface area contributed by atoms with Gasteiger partial charge in [-0.2, -0.15) is 0 Å². The number of rotatable bonds is 5. The highest BCUT2D eigenvalue weighted by Gasteiger charge is 2.16. The van der Waals surface area contributed by atoms with E-state index in [2.05, 4.69) is 10.3 Å². The molecule has 2 aromatic rings. The van der Waals surface area contributed by atoms with Crippen LogP contribution in [-0.2, 0) is 6.42 Å². The zero-order valence-electron chi connectivity index (χ0n) is 9.99. The molecular formula is C13H14F2N2S. The summed E-state index contributed by atoms with van der Waals surface area (Å²) in [4.78, 5) is 5.08. The van der Waals surface area contributed by atoms with E-state index in [-0.39, 0.29) is 6.04 Å². The van der Waals surface area contributed by atoms with Gasteiger partial charge >= 0.3 is 0 Å². The lowest BCUT2D eigenvalue weighted by Gasteiger charge is -2.18. The number of benzene rings is 1. The number of nitrogens with zero attached hydrogens (tertiary/aromatic N) is 1. The maximum atomic E-state index is 13.8. The molecule has 0 radical (unpaired) electrons. The van der Waals surface area contributed by atoms with E-state index < -0.39 is 11.6 Å². The Morgan fingerprint density at radius 3 is 2.83 bits per heavy atom. The Balaban J connectivity index is 2.23. The number of thiazole rings is 1. The largest absolute Gasteiger partial charge is 0.310 e. The lowest BCUT2D eigenvalue weighted by atomic mass is 10.0. The summed E-state index contributed by atoms with van der Waals surface area (Å²) < 4.78 is 26.7. The van der Waals surface area contributed by atoms with E-state index in [0.29, 0.717) is 12.0 Å². The minimum Gasteiger partial charge on any atom is -0.310 e. The van der Waals surface area contributed by atoms with Gasteiger partial charge < -0.3 is 5.32 Å². The molecule has 1 unspecified atom stereocenters. The highest BCUT2D eigenvalue weighted by atomic mass is 32.1. The highest BCUT2D eigenvalue weighted by Crippen LogP contribution is 2.23. The van der Waals surface area contributed by atoms with Crippen LogP contribution in [0.15, 0.2) is 29.9 Å². The molecule has 0 saturated carbocycles. The molecule has 5 heteroatoms. The second-order valence-corrected chi connectivity index (χ2v) is 4.92. The topological polar surface area (TPSA) is 24.9 Å². The molecule has 2 nitrogen and oxygen atoms in total. The third-order valence-corrected chi connectivity index (χ3v) is 3.48. The van der Waals surface area contributed by atoms with E-state index >= 15 is 0 Å². The molecule has 96 valence electrons. The molecule has 0 fully saturated rings. The van der Waals surface area contributed by atoms with E-state index in [1.165, 1.54) is 23.5 Å². The fraction of sp³-hybridized carbons (Fsp3) is 0.308. The van der Waals surface area contributed by atoms with Gasteiger partial charge in [0.25, 0.3) is 0 Å². The van der Waals surface area contributed by atoms with Gasteiger partial charge in [0, 0.05) is 35.2 Å². The first-order valence-corrected chi connectivity index (χ1v) is 6.64. The highest BCUT2D eigenvalue weighted by molar-refractivity contribution is 7.09. The van der Waals surface area contributed by atoms with Crippen molar-refractivity contribution in [2.75, 3.05) is 6.54 Å². The molecule has 1 N–H and O–H groups in total. The van der Waals surface area contributed by atoms with Gasteiger partial charge in [-0.3, -0.25) is 4.98 Å². The van der Waals surface area contributed by atoms with Crippen molar-refractivity contribution in [1.29, 1.82) is 0 Å². The second-order valence-electron chi connectivity index (χ2n) is 3.95.